The second kappa shape index (κ2) is 8.44. The quantitative estimate of drug-likeness (QED) is 0.470. The van der Waals surface area contributed by atoms with Crippen LogP contribution in [0.15, 0.2) is 48.5 Å². The van der Waals surface area contributed by atoms with Crippen molar-refractivity contribution in [2.45, 2.75) is 6.92 Å². The van der Waals surface area contributed by atoms with E-state index < -0.39 is 16.8 Å². The summed E-state index contributed by atoms with van der Waals surface area (Å²) in [5.74, 6) is -0.629. The average Bonchev–Trinajstić information content (AvgIpc) is 2.60. The van der Waals surface area contributed by atoms with Gasteiger partial charge in [-0.25, -0.2) is 4.79 Å². The molecule has 0 bridgehead atoms. The Hall–Kier alpha value is -3.42. The Morgan fingerprint density at radius 1 is 1.16 bits per heavy atom. The highest BCUT2D eigenvalue weighted by Crippen LogP contribution is 2.17. The van der Waals surface area contributed by atoms with Crippen LogP contribution in [0.25, 0.3) is 0 Å². The third-order valence-electron chi connectivity index (χ3n) is 3.06. The predicted octanol–water partition coefficient (Wildman–Crippen LogP) is 2.79. The normalized spacial score (nSPS) is 9.96. The van der Waals surface area contributed by atoms with Crippen molar-refractivity contribution in [1.29, 1.82) is 0 Å². The zero-order chi connectivity index (χ0) is 18.2. The van der Waals surface area contributed by atoms with Gasteiger partial charge in [0.05, 0.1) is 17.1 Å². The van der Waals surface area contributed by atoms with Gasteiger partial charge in [0.1, 0.15) is 5.75 Å². The first-order valence-electron chi connectivity index (χ1n) is 7.44. The molecule has 0 heterocycles. The van der Waals surface area contributed by atoms with Gasteiger partial charge in [-0.05, 0) is 31.2 Å². The monoisotopic (exact) mass is 344 g/mol. The summed E-state index contributed by atoms with van der Waals surface area (Å²) < 4.78 is 10.2. The lowest BCUT2D eigenvalue weighted by Crippen LogP contribution is -2.20. The van der Waals surface area contributed by atoms with Crippen LogP contribution in [0, 0.1) is 10.1 Å². The molecule has 0 aliphatic heterocycles. The van der Waals surface area contributed by atoms with Gasteiger partial charge in [-0.2, -0.15) is 0 Å². The van der Waals surface area contributed by atoms with Gasteiger partial charge in [0.15, 0.2) is 6.61 Å². The smallest absolute Gasteiger partial charge is 0.338 e. The molecule has 2 aromatic carbocycles. The molecule has 1 N–H and O–H groups in total. The van der Waals surface area contributed by atoms with Gasteiger partial charge in [0.25, 0.3) is 11.6 Å². The lowest BCUT2D eigenvalue weighted by atomic mass is 10.2. The van der Waals surface area contributed by atoms with Crippen LogP contribution in [0.4, 0.5) is 11.4 Å². The third-order valence-corrected chi connectivity index (χ3v) is 3.06. The minimum atomic E-state index is -0.549. The minimum absolute atomic E-state index is 0.124. The maximum atomic E-state index is 11.9. The molecule has 2 rings (SSSR count). The number of anilines is 1. The number of hydrogen-bond acceptors (Lipinski definition) is 6. The number of benzene rings is 2. The molecule has 0 unspecified atom stereocenters. The Labute approximate surface area is 143 Å². The van der Waals surface area contributed by atoms with Crippen LogP contribution in [-0.2, 0) is 9.53 Å². The molecule has 0 saturated carbocycles. The fourth-order valence-corrected chi connectivity index (χ4v) is 1.97. The lowest BCUT2D eigenvalue weighted by Gasteiger charge is -2.08. The van der Waals surface area contributed by atoms with Crippen molar-refractivity contribution in [3.63, 3.8) is 0 Å². The average molecular weight is 344 g/mol. The van der Waals surface area contributed by atoms with E-state index in [-0.39, 0.29) is 18.9 Å². The van der Waals surface area contributed by atoms with E-state index in [1.165, 1.54) is 30.3 Å². The van der Waals surface area contributed by atoms with E-state index in [1.54, 1.807) is 25.1 Å². The molecule has 1 amide bonds. The number of ether oxygens (including phenoxy) is 2. The summed E-state index contributed by atoms with van der Waals surface area (Å²) in [7, 11) is 0. The molecule has 0 aromatic heterocycles. The molecular weight excluding hydrogens is 328 g/mol. The van der Waals surface area contributed by atoms with Gasteiger partial charge in [-0.15, -0.1) is 0 Å². The summed E-state index contributed by atoms with van der Waals surface area (Å²) in [6.07, 6.45) is 0. The van der Waals surface area contributed by atoms with Crippen LogP contribution in [0.3, 0.4) is 0 Å². The van der Waals surface area contributed by atoms with Gasteiger partial charge in [-0.1, -0.05) is 12.1 Å². The summed E-state index contributed by atoms with van der Waals surface area (Å²) in [5, 5.41) is 13.2. The summed E-state index contributed by atoms with van der Waals surface area (Å²) in [4.78, 5) is 33.7. The number of carbonyl (C=O) groups is 2. The molecule has 0 atom stereocenters. The largest absolute Gasteiger partial charge is 0.484 e. The number of non-ortho nitro benzene ring substituents is 1. The zero-order valence-electron chi connectivity index (χ0n) is 13.4. The van der Waals surface area contributed by atoms with E-state index >= 15 is 0 Å². The van der Waals surface area contributed by atoms with Gasteiger partial charge in [-0.3, -0.25) is 14.9 Å². The summed E-state index contributed by atoms with van der Waals surface area (Å²) in [5.41, 5.74) is 0.488. The predicted molar refractivity (Wildman–Crippen MR) is 89.6 cm³/mol. The Balaban J connectivity index is 1.94. The zero-order valence-corrected chi connectivity index (χ0v) is 13.4. The Bertz CT molecular complexity index is 790. The number of nitrogens with one attached hydrogen (secondary N) is 1. The van der Waals surface area contributed by atoms with E-state index in [4.69, 9.17) is 9.47 Å². The van der Waals surface area contributed by atoms with E-state index in [0.29, 0.717) is 17.0 Å². The number of esters is 1. The SMILES string of the molecule is CCOC(=O)c1cccc(OCC(=O)Nc2cccc([N+](=O)[O-])c2)c1. The molecule has 8 nitrogen and oxygen atoms in total. The highest BCUT2D eigenvalue weighted by atomic mass is 16.6. The molecule has 0 fully saturated rings. The second-order valence-corrected chi connectivity index (χ2v) is 4.89. The summed E-state index contributed by atoms with van der Waals surface area (Å²) >= 11 is 0. The lowest BCUT2D eigenvalue weighted by molar-refractivity contribution is -0.384. The molecule has 130 valence electrons. The van der Waals surface area contributed by atoms with Crippen LogP contribution in [-0.4, -0.2) is 30.0 Å². The van der Waals surface area contributed by atoms with Crippen molar-refractivity contribution < 1.29 is 24.0 Å². The van der Waals surface area contributed by atoms with Crippen molar-refractivity contribution >= 4 is 23.3 Å². The molecule has 25 heavy (non-hydrogen) atoms. The fourth-order valence-electron chi connectivity index (χ4n) is 1.97. The highest BCUT2D eigenvalue weighted by molar-refractivity contribution is 5.92. The van der Waals surface area contributed by atoms with Crippen molar-refractivity contribution in [2.75, 3.05) is 18.5 Å². The number of nitro benzene ring substituents is 1. The van der Waals surface area contributed by atoms with Crippen LogP contribution in [0.1, 0.15) is 17.3 Å². The highest BCUT2D eigenvalue weighted by Gasteiger charge is 2.10. The molecular formula is C17H16N2O6. The number of hydrogen-bond donors (Lipinski definition) is 1. The molecule has 8 heteroatoms. The van der Waals surface area contributed by atoms with Crippen molar-refractivity contribution in [2.24, 2.45) is 0 Å². The Morgan fingerprint density at radius 3 is 2.64 bits per heavy atom. The molecule has 0 spiro atoms. The van der Waals surface area contributed by atoms with Crippen LogP contribution in [0.5, 0.6) is 5.75 Å². The maximum absolute atomic E-state index is 11.9. The number of nitro groups is 1. The number of amides is 1. The first-order chi connectivity index (χ1) is 12.0. The van der Waals surface area contributed by atoms with E-state index in [0.717, 1.165) is 0 Å². The maximum Gasteiger partial charge on any atom is 0.338 e. The molecule has 0 saturated heterocycles. The van der Waals surface area contributed by atoms with Crippen LogP contribution in [0.2, 0.25) is 0 Å². The Morgan fingerprint density at radius 2 is 1.92 bits per heavy atom. The fraction of sp³-hybridized carbons (Fsp3) is 0.176. The van der Waals surface area contributed by atoms with Gasteiger partial charge in [0.2, 0.25) is 0 Å². The molecule has 0 aliphatic rings. The second-order valence-electron chi connectivity index (χ2n) is 4.89. The molecule has 0 aliphatic carbocycles. The number of nitrogens with zero attached hydrogens (tertiary/aromatic N) is 1. The summed E-state index contributed by atoms with van der Waals surface area (Å²) in [6, 6.07) is 11.8. The van der Waals surface area contributed by atoms with Gasteiger partial charge < -0.3 is 14.8 Å². The van der Waals surface area contributed by atoms with Crippen molar-refractivity contribution in [1.82, 2.24) is 0 Å². The van der Waals surface area contributed by atoms with E-state index in [9.17, 15) is 19.7 Å². The first kappa shape index (κ1) is 17.9. The number of rotatable bonds is 7. The first-order valence-corrected chi connectivity index (χ1v) is 7.44. The third kappa shape index (κ3) is 5.31. The molecule has 0 radical (unpaired) electrons. The minimum Gasteiger partial charge on any atom is -0.484 e. The molecule has 2 aromatic rings. The van der Waals surface area contributed by atoms with Crippen LogP contribution >= 0.6 is 0 Å². The van der Waals surface area contributed by atoms with E-state index in [1.807, 2.05) is 0 Å². The topological polar surface area (TPSA) is 108 Å². The van der Waals surface area contributed by atoms with Gasteiger partial charge in [0, 0.05) is 17.8 Å². The van der Waals surface area contributed by atoms with Crippen molar-refractivity contribution in [3.05, 3.63) is 64.2 Å². The van der Waals surface area contributed by atoms with Crippen LogP contribution < -0.4 is 10.1 Å². The van der Waals surface area contributed by atoms with Gasteiger partial charge >= 0.3 is 5.97 Å². The van der Waals surface area contributed by atoms with Crippen molar-refractivity contribution in [3.8, 4) is 5.75 Å². The summed E-state index contributed by atoms with van der Waals surface area (Å²) in [6.45, 7) is 1.65. The van der Waals surface area contributed by atoms with E-state index in [2.05, 4.69) is 5.32 Å². The number of carbonyl (C=O) groups excluding carboxylic acids is 2. The Kier molecular flexibility index (Phi) is 6.05. The standard InChI is InChI=1S/C17H16N2O6/c1-2-24-17(21)12-5-3-8-15(9-12)25-11-16(20)18-13-6-4-7-14(10-13)19(22)23/h3-10H,2,11H2,1H3,(H,18,20).